The van der Waals surface area contributed by atoms with Gasteiger partial charge in [0.25, 0.3) is 6.43 Å². The summed E-state index contributed by atoms with van der Waals surface area (Å²) in [7, 11) is 0. The Labute approximate surface area is 81.3 Å². The monoisotopic (exact) mass is 205 g/mol. The molecule has 1 aliphatic heterocycles. The molecule has 0 aromatic rings. The van der Waals surface area contributed by atoms with Gasteiger partial charge >= 0.3 is 6.09 Å². The first-order valence-corrected chi connectivity index (χ1v) is 4.45. The standard InChI is InChI=1S/C9H13F2NO2/c1-7-2-4-12(5-3-7)9(13)14-6-8(10)11/h2,8H,3-6H2,1H3. The average molecular weight is 205 g/mol. The summed E-state index contributed by atoms with van der Waals surface area (Å²) in [5, 5.41) is 0. The van der Waals surface area contributed by atoms with Gasteiger partial charge in [-0.05, 0) is 13.3 Å². The zero-order chi connectivity index (χ0) is 10.6. The molecule has 0 atom stereocenters. The molecule has 3 nitrogen and oxygen atoms in total. The molecule has 14 heavy (non-hydrogen) atoms. The van der Waals surface area contributed by atoms with Crippen LogP contribution in [0, 0.1) is 0 Å². The number of nitrogens with zero attached hydrogens (tertiary/aromatic N) is 1. The van der Waals surface area contributed by atoms with E-state index in [4.69, 9.17) is 0 Å². The highest BCUT2D eigenvalue weighted by atomic mass is 19.3. The lowest BCUT2D eigenvalue weighted by molar-refractivity contribution is 0.0329. The van der Waals surface area contributed by atoms with Crippen LogP contribution in [0.2, 0.25) is 0 Å². The van der Waals surface area contributed by atoms with Gasteiger partial charge in [0.15, 0.2) is 6.61 Å². The maximum Gasteiger partial charge on any atom is 0.410 e. The van der Waals surface area contributed by atoms with Gasteiger partial charge in [-0.25, -0.2) is 13.6 Å². The van der Waals surface area contributed by atoms with Crippen molar-refractivity contribution in [2.45, 2.75) is 19.8 Å². The Morgan fingerprint density at radius 1 is 1.71 bits per heavy atom. The smallest absolute Gasteiger partial charge is 0.410 e. The van der Waals surface area contributed by atoms with Gasteiger partial charge in [-0.1, -0.05) is 11.6 Å². The van der Waals surface area contributed by atoms with E-state index in [-0.39, 0.29) is 0 Å². The minimum Gasteiger partial charge on any atom is -0.443 e. The van der Waals surface area contributed by atoms with Gasteiger partial charge in [-0.15, -0.1) is 0 Å². The van der Waals surface area contributed by atoms with E-state index in [1.807, 2.05) is 13.0 Å². The van der Waals surface area contributed by atoms with Crippen LogP contribution in [-0.2, 0) is 4.74 Å². The second kappa shape index (κ2) is 4.93. The first kappa shape index (κ1) is 10.9. The molecule has 0 spiro atoms. The fourth-order valence-electron chi connectivity index (χ4n) is 1.16. The number of carbonyl (C=O) groups is 1. The topological polar surface area (TPSA) is 29.5 Å². The minimum atomic E-state index is -2.60. The van der Waals surface area contributed by atoms with Crippen molar-refractivity contribution in [2.75, 3.05) is 19.7 Å². The van der Waals surface area contributed by atoms with Crippen molar-refractivity contribution >= 4 is 6.09 Å². The van der Waals surface area contributed by atoms with Crippen LogP contribution in [-0.4, -0.2) is 37.1 Å². The van der Waals surface area contributed by atoms with Crippen LogP contribution in [0.1, 0.15) is 13.3 Å². The molecular formula is C9H13F2NO2. The third kappa shape index (κ3) is 3.32. The summed E-state index contributed by atoms with van der Waals surface area (Å²) in [5.74, 6) is 0. The van der Waals surface area contributed by atoms with Crippen LogP contribution in [0.15, 0.2) is 11.6 Å². The van der Waals surface area contributed by atoms with Gasteiger partial charge in [-0.2, -0.15) is 0 Å². The molecule has 1 aliphatic rings. The van der Waals surface area contributed by atoms with E-state index >= 15 is 0 Å². The molecule has 1 amide bonds. The zero-order valence-electron chi connectivity index (χ0n) is 8.00. The maximum absolute atomic E-state index is 11.7. The minimum absolute atomic E-state index is 0.452. The first-order valence-electron chi connectivity index (χ1n) is 4.45. The fraction of sp³-hybridized carbons (Fsp3) is 0.667. The van der Waals surface area contributed by atoms with Gasteiger partial charge < -0.3 is 9.64 Å². The highest BCUT2D eigenvalue weighted by molar-refractivity contribution is 5.68. The molecule has 0 saturated heterocycles. The summed E-state index contributed by atoms with van der Waals surface area (Å²) >= 11 is 0. The molecule has 0 unspecified atom stereocenters. The van der Waals surface area contributed by atoms with Crippen molar-refractivity contribution in [1.82, 2.24) is 4.90 Å². The molecule has 0 aromatic carbocycles. The lowest BCUT2D eigenvalue weighted by Crippen LogP contribution is -2.35. The SMILES string of the molecule is CC1=CCN(C(=O)OCC(F)F)CC1. The number of carbonyl (C=O) groups excluding carboxylic acids is 1. The molecule has 0 fully saturated rings. The predicted molar refractivity (Wildman–Crippen MR) is 47.3 cm³/mol. The third-order valence-electron chi connectivity index (χ3n) is 2.03. The van der Waals surface area contributed by atoms with E-state index < -0.39 is 19.1 Å². The van der Waals surface area contributed by atoms with E-state index in [9.17, 15) is 13.6 Å². The van der Waals surface area contributed by atoms with Crippen molar-refractivity contribution in [3.8, 4) is 0 Å². The Morgan fingerprint density at radius 2 is 2.43 bits per heavy atom. The van der Waals surface area contributed by atoms with E-state index in [1.165, 1.54) is 10.5 Å². The largest absolute Gasteiger partial charge is 0.443 e. The normalized spacial score (nSPS) is 16.9. The van der Waals surface area contributed by atoms with E-state index in [1.54, 1.807) is 0 Å². The second-order valence-corrected chi connectivity index (χ2v) is 3.21. The fourth-order valence-corrected chi connectivity index (χ4v) is 1.16. The maximum atomic E-state index is 11.7. The van der Waals surface area contributed by atoms with Crippen molar-refractivity contribution in [1.29, 1.82) is 0 Å². The number of rotatable bonds is 2. The van der Waals surface area contributed by atoms with Gasteiger partial charge in [-0.3, -0.25) is 0 Å². The van der Waals surface area contributed by atoms with E-state index in [0.717, 1.165) is 6.42 Å². The van der Waals surface area contributed by atoms with Crippen LogP contribution in [0.5, 0.6) is 0 Å². The Morgan fingerprint density at radius 3 is 2.93 bits per heavy atom. The van der Waals surface area contributed by atoms with Crippen LogP contribution in [0.3, 0.4) is 0 Å². The van der Waals surface area contributed by atoms with Gasteiger partial charge in [0.2, 0.25) is 0 Å². The molecular weight excluding hydrogens is 192 g/mol. The molecule has 0 N–H and O–H groups in total. The van der Waals surface area contributed by atoms with Gasteiger partial charge in [0, 0.05) is 13.1 Å². The highest BCUT2D eigenvalue weighted by Crippen LogP contribution is 2.10. The summed E-state index contributed by atoms with van der Waals surface area (Å²) < 4.78 is 27.8. The zero-order valence-corrected chi connectivity index (χ0v) is 8.00. The number of hydrogen-bond acceptors (Lipinski definition) is 2. The van der Waals surface area contributed by atoms with Gasteiger partial charge in [0.05, 0.1) is 0 Å². The lowest BCUT2D eigenvalue weighted by Gasteiger charge is -2.24. The Hall–Kier alpha value is -1.13. The molecule has 0 aliphatic carbocycles. The number of amides is 1. The Kier molecular flexibility index (Phi) is 3.85. The van der Waals surface area contributed by atoms with Crippen molar-refractivity contribution in [3.63, 3.8) is 0 Å². The van der Waals surface area contributed by atoms with Gasteiger partial charge in [0.1, 0.15) is 0 Å². The second-order valence-electron chi connectivity index (χ2n) is 3.21. The summed E-state index contributed by atoms with van der Waals surface area (Å²) in [6, 6.07) is 0. The van der Waals surface area contributed by atoms with Crippen molar-refractivity contribution in [2.24, 2.45) is 0 Å². The van der Waals surface area contributed by atoms with Crippen LogP contribution in [0.4, 0.5) is 13.6 Å². The number of hydrogen-bond donors (Lipinski definition) is 0. The summed E-state index contributed by atoms with van der Waals surface area (Å²) in [6.45, 7) is 2.15. The van der Waals surface area contributed by atoms with Crippen LogP contribution in [0.25, 0.3) is 0 Å². The van der Waals surface area contributed by atoms with Crippen LogP contribution < -0.4 is 0 Å². The summed E-state index contributed by atoms with van der Waals surface area (Å²) in [5.41, 5.74) is 1.21. The number of ether oxygens (including phenoxy) is 1. The van der Waals surface area contributed by atoms with Crippen LogP contribution >= 0.6 is 0 Å². The Bertz CT molecular complexity index is 241. The first-order chi connectivity index (χ1) is 6.59. The summed E-state index contributed by atoms with van der Waals surface area (Å²) in [6.07, 6.45) is -0.577. The number of alkyl halides is 2. The molecule has 1 heterocycles. The molecule has 1 rings (SSSR count). The quantitative estimate of drug-likeness (QED) is 0.645. The van der Waals surface area contributed by atoms with Crippen molar-refractivity contribution in [3.05, 3.63) is 11.6 Å². The molecule has 0 bridgehead atoms. The molecule has 0 saturated carbocycles. The van der Waals surface area contributed by atoms with Crippen molar-refractivity contribution < 1.29 is 18.3 Å². The summed E-state index contributed by atoms with van der Waals surface area (Å²) in [4.78, 5) is 12.6. The highest BCUT2D eigenvalue weighted by Gasteiger charge is 2.18. The molecule has 0 radical (unpaired) electrons. The average Bonchev–Trinajstić information content (AvgIpc) is 2.15. The Balaban J connectivity index is 2.32. The number of halogens is 2. The predicted octanol–water partition coefficient (Wildman–Crippen LogP) is 2.04. The molecule has 0 aromatic heterocycles. The molecule has 80 valence electrons. The lowest BCUT2D eigenvalue weighted by atomic mass is 10.1. The van der Waals surface area contributed by atoms with E-state index in [2.05, 4.69) is 4.74 Å². The third-order valence-corrected chi connectivity index (χ3v) is 2.03. The van der Waals surface area contributed by atoms with E-state index in [0.29, 0.717) is 13.1 Å². The molecule has 5 heteroatoms.